The van der Waals surface area contributed by atoms with Gasteiger partial charge in [0.1, 0.15) is 5.75 Å². The number of thiophene rings is 1. The van der Waals surface area contributed by atoms with Gasteiger partial charge >= 0.3 is 12.4 Å². The molecule has 0 saturated carbocycles. The first-order valence-electron chi connectivity index (χ1n) is 5.08. The normalized spacial score (nSPS) is 12.5. The molecule has 0 spiro atoms. The van der Waals surface area contributed by atoms with E-state index in [1.165, 1.54) is 11.4 Å². The van der Waals surface area contributed by atoms with Gasteiger partial charge < -0.3 is 4.74 Å². The Morgan fingerprint density at radius 1 is 0.900 bits per heavy atom. The molecule has 2 aromatic rings. The Bertz CT molecular complexity index is 553. The summed E-state index contributed by atoms with van der Waals surface area (Å²) in [6.07, 6.45) is -9.78. The second-order valence-electron chi connectivity index (χ2n) is 3.71. The molecule has 1 radical (unpaired) electrons. The van der Waals surface area contributed by atoms with Gasteiger partial charge in [0.2, 0.25) is 0 Å². The van der Waals surface area contributed by atoms with Gasteiger partial charge in [-0.3, -0.25) is 0 Å². The SMILES string of the molecule is FC(F)(F)c1cc(Oc2c[c]cs2)cc(C(F)(F)F)c1. The van der Waals surface area contributed by atoms with Crippen molar-refractivity contribution < 1.29 is 31.1 Å². The summed E-state index contributed by atoms with van der Waals surface area (Å²) in [7, 11) is 0. The summed E-state index contributed by atoms with van der Waals surface area (Å²) in [6, 6.07) is 5.00. The Labute approximate surface area is 113 Å². The molecule has 0 aliphatic heterocycles. The molecule has 1 heterocycles. The van der Waals surface area contributed by atoms with Gasteiger partial charge in [-0.25, -0.2) is 0 Å². The quantitative estimate of drug-likeness (QED) is 0.677. The number of benzene rings is 1. The summed E-state index contributed by atoms with van der Waals surface area (Å²) in [5.74, 6) is -0.525. The van der Waals surface area contributed by atoms with E-state index in [2.05, 4.69) is 6.07 Å². The largest absolute Gasteiger partial charge is 0.447 e. The minimum Gasteiger partial charge on any atom is -0.447 e. The van der Waals surface area contributed by atoms with Crippen LogP contribution in [0.5, 0.6) is 10.8 Å². The Morgan fingerprint density at radius 2 is 1.45 bits per heavy atom. The molecule has 1 aromatic carbocycles. The van der Waals surface area contributed by atoms with Crippen molar-refractivity contribution in [2.75, 3.05) is 0 Å². The number of hydrogen-bond donors (Lipinski definition) is 0. The van der Waals surface area contributed by atoms with Crippen LogP contribution in [0.15, 0.2) is 29.6 Å². The average molecular weight is 311 g/mol. The molecule has 0 atom stereocenters. The topological polar surface area (TPSA) is 9.23 Å². The summed E-state index contributed by atoms with van der Waals surface area (Å²) in [5, 5.41) is 1.62. The maximum absolute atomic E-state index is 12.6. The van der Waals surface area contributed by atoms with Crippen LogP contribution < -0.4 is 4.74 Å². The molecule has 0 saturated heterocycles. The van der Waals surface area contributed by atoms with Crippen molar-refractivity contribution in [3.8, 4) is 10.8 Å². The monoisotopic (exact) mass is 311 g/mol. The van der Waals surface area contributed by atoms with Crippen LogP contribution in [0.1, 0.15) is 11.1 Å². The minimum atomic E-state index is -4.89. The zero-order valence-corrected chi connectivity index (χ0v) is 10.3. The summed E-state index contributed by atoms with van der Waals surface area (Å²) in [6.45, 7) is 0. The van der Waals surface area contributed by atoms with Crippen LogP contribution in [0.3, 0.4) is 0 Å². The van der Waals surface area contributed by atoms with Gasteiger partial charge in [-0.2, -0.15) is 26.3 Å². The highest BCUT2D eigenvalue weighted by molar-refractivity contribution is 7.11. The van der Waals surface area contributed by atoms with Crippen molar-refractivity contribution in [2.45, 2.75) is 12.4 Å². The molecule has 20 heavy (non-hydrogen) atoms. The van der Waals surface area contributed by atoms with Crippen LogP contribution in [-0.4, -0.2) is 0 Å². The fourth-order valence-electron chi connectivity index (χ4n) is 1.38. The second kappa shape index (κ2) is 5.01. The highest BCUT2D eigenvalue weighted by Gasteiger charge is 2.37. The lowest BCUT2D eigenvalue weighted by atomic mass is 10.1. The molecule has 0 fully saturated rings. The van der Waals surface area contributed by atoms with Crippen LogP contribution in [0.25, 0.3) is 0 Å². The van der Waals surface area contributed by atoms with Gasteiger partial charge in [-0.15, -0.1) is 11.3 Å². The van der Waals surface area contributed by atoms with Gasteiger partial charge in [0.05, 0.1) is 11.1 Å². The summed E-state index contributed by atoms with van der Waals surface area (Å²) in [4.78, 5) is 0. The number of halogens is 6. The molecule has 0 amide bonds. The van der Waals surface area contributed by atoms with Gasteiger partial charge in [0.15, 0.2) is 5.06 Å². The van der Waals surface area contributed by atoms with Crippen LogP contribution in [-0.2, 0) is 12.4 Å². The molecule has 0 aliphatic carbocycles. The molecular weight excluding hydrogens is 306 g/mol. The second-order valence-corrected chi connectivity index (χ2v) is 4.58. The Morgan fingerprint density at radius 3 is 1.85 bits per heavy atom. The van der Waals surface area contributed by atoms with Crippen LogP contribution in [0, 0.1) is 6.07 Å². The lowest BCUT2D eigenvalue weighted by Gasteiger charge is -2.14. The first kappa shape index (κ1) is 14.7. The molecule has 2 rings (SSSR count). The van der Waals surface area contributed by atoms with Gasteiger partial charge in [0.25, 0.3) is 0 Å². The van der Waals surface area contributed by atoms with Gasteiger partial charge in [0, 0.05) is 11.4 Å². The highest BCUT2D eigenvalue weighted by Crippen LogP contribution is 2.39. The van der Waals surface area contributed by atoms with E-state index in [-0.39, 0.29) is 11.1 Å². The molecule has 0 unspecified atom stereocenters. The van der Waals surface area contributed by atoms with E-state index in [4.69, 9.17) is 4.74 Å². The number of alkyl halides is 6. The smallest absolute Gasteiger partial charge is 0.416 e. The van der Waals surface area contributed by atoms with Crippen LogP contribution >= 0.6 is 11.3 Å². The van der Waals surface area contributed by atoms with Crippen molar-refractivity contribution in [1.82, 2.24) is 0 Å². The number of hydrogen-bond acceptors (Lipinski definition) is 2. The van der Waals surface area contributed by atoms with E-state index >= 15 is 0 Å². The van der Waals surface area contributed by atoms with Crippen molar-refractivity contribution in [3.63, 3.8) is 0 Å². The Balaban J connectivity index is 2.46. The van der Waals surface area contributed by atoms with Crippen molar-refractivity contribution in [3.05, 3.63) is 46.8 Å². The van der Waals surface area contributed by atoms with Crippen molar-refractivity contribution in [1.29, 1.82) is 0 Å². The van der Waals surface area contributed by atoms with E-state index in [0.717, 1.165) is 11.3 Å². The van der Waals surface area contributed by atoms with Crippen molar-refractivity contribution in [2.24, 2.45) is 0 Å². The molecular formula is C12H5F6OS. The lowest BCUT2D eigenvalue weighted by Crippen LogP contribution is -2.10. The predicted molar refractivity (Wildman–Crippen MR) is 59.7 cm³/mol. The molecule has 0 aliphatic rings. The zero-order chi connectivity index (χ0) is 15.0. The van der Waals surface area contributed by atoms with Gasteiger partial charge in [-0.05, 0) is 24.3 Å². The van der Waals surface area contributed by atoms with Crippen molar-refractivity contribution >= 4 is 11.3 Å². The number of ether oxygens (including phenoxy) is 1. The molecule has 8 heteroatoms. The molecule has 0 bridgehead atoms. The molecule has 0 N–H and O–H groups in total. The highest BCUT2D eigenvalue weighted by atomic mass is 32.1. The fourth-order valence-corrected chi connectivity index (χ4v) is 1.92. The zero-order valence-electron chi connectivity index (χ0n) is 9.47. The standard InChI is InChI=1S/C12H5F6OS/c13-11(14,15)7-4-8(12(16,17)18)6-9(5-7)19-10-2-1-3-20-10/h2-6H. The maximum atomic E-state index is 12.6. The van der Waals surface area contributed by atoms with E-state index in [9.17, 15) is 26.3 Å². The summed E-state index contributed by atoms with van der Waals surface area (Å²) in [5.41, 5.74) is -2.83. The third-order valence-electron chi connectivity index (χ3n) is 2.22. The first-order chi connectivity index (χ1) is 9.16. The minimum absolute atomic E-state index is 0.0490. The third-order valence-corrected chi connectivity index (χ3v) is 2.91. The average Bonchev–Trinajstić information content (AvgIpc) is 2.79. The first-order valence-corrected chi connectivity index (χ1v) is 5.96. The number of rotatable bonds is 2. The summed E-state index contributed by atoms with van der Waals surface area (Å²) < 4.78 is 80.5. The summed E-state index contributed by atoms with van der Waals surface area (Å²) >= 11 is 1.00. The van der Waals surface area contributed by atoms with Crippen LogP contribution in [0.2, 0.25) is 0 Å². The predicted octanol–water partition coefficient (Wildman–Crippen LogP) is 5.38. The molecule has 1 aromatic heterocycles. The van der Waals surface area contributed by atoms with E-state index < -0.39 is 29.2 Å². The molecule has 107 valence electrons. The Hall–Kier alpha value is -1.70. The van der Waals surface area contributed by atoms with E-state index in [0.29, 0.717) is 12.1 Å². The third kappa shape index (κ3) is 3.44. The van der Waals surface area contributed by atoms with E-state index in [1.54, 1.807) is 0 Å². The van der Waals surface area contributed by atoms with Crippen LogP contribution in [0.4, 0.5) is 26.3 Å². The lowest BCUT2D eigenvalue weighted by molar-refractivity contribution is -0.143. The fraction of sp³-hybridized carbons (Fsp3) is 0.167. The van der Waals surface area contributed by atoms with Gasteiger partial charge in [-0.1, -0.05) is 0 Å². The Kier molecular flexibility index (Phi) is 3.68. The van der Waals surface area contributed by atoms with E-state index in [1.807, 2.05) is 0 Å². The maximum Gasteiger partial charge on any atom is 0.416 e. The molecule has 1 nitrogen and oxygen atoms in total.